The number of carbonyl (C=O) groups excluding carboxylic acids is 1. The van der Waals surface area contributed by atoms with E-state index in [1.165, 1.54) is 0 Å². The normalized spacial score (nSPS) is 27.2. The van der Waals surface area contributed by atoms with Crippen molar-refractivity contribution in [3.8, 4) is 0 Å². The lowest BCUT2D eigenvalue weighted by Crippen LogP contribution is -2.44. The van der Waals surface area contributed by atoms with Gasteiger partial charge in [-0.3, -0.25) is 4.79 Å². The van der Waals surface area contributed by atoms with Crippen LogP contribution in [0.25, 0.3) is 0 Å². The number of carbonyl (C=O) groups is 1. The molecule has 1 amide bonds. The van der Waals surface area contributed by atoms with E-state index in [0.717, 1.165) is 12.8 Å². The Labute approximate surface area is 61.2 Å². The molecule has 0 aromatic carbocycles. The number of rotatable bonds is 1. The minimum Gasteiger partial charge on any atom is -0.342 e. The average Bonchev–Trinajstić information content (AvgIpc) is 1.95. The Morgan fingerprint density at radius 1 is 1.80 bits per heavy atom. The maximum atomic E-state index is 11.0. The number of piperidine rings is 1. The fourth-order valence-corrected chi connectivity index (χ4v) is 1.34. The van der Waals surface area contributed by atoms with Gasteiger partial charge in [-0.25, -0.2) is 0 Å². The van der Waals surface area contributed by atoms with Crippen molar-refractivity contribution in [3.05, 3.63) is 0 Å². The van der Waals surface area contributed by atoms with Gasteiger partial charge in [-0.1, -0.05) is 0 Å². The first-order valence-corrected chi connectivity index (χ1v) is 3.71. The first-order valence-electron chi connectivity index (χ1n) is 3.71. The van der Waals surface area contributed by atoms with E-state index in [0.29, 0.717) is 19.0 Å². The summed E-state index contributed by atoms with van der Waals surface area (Å²) in [6, 6.07) is 0.293. The molecule has 1 aliphatic heterocycles. The van der Waals surface area contributed by atoms with Gasteiger partial charge >= 0.3 is 0 Å². The molecule has 10 heavy (non-hydrogen) atoms. The summed E-state index contributed by atoms with van der Waals surface area (Å²) in [7, 11) is 1.83. The van der Waals surface area contributed by atoms with Gasteiger partial charge < -0.3 is 10.6 Å². The van der Waals surface area contributed by atoms with E-state index in [-0.39, 0.29) is 5.91 Å². The minimum atomic E-state index is 0.238. The zero-order chi connectivity index (χ0) is 7.56. The fraction of sp³-hybridized carbons (Fsp3) is 0.857. The standard InChI is InChI=1S/C7H14N2O/c1-9-6(5-8)3-2-4-7(9)10/h6H,2-5,8H2,1H3/t6-/m0/s1. The van der Waals surface area contributed by atoms with Gasteiger partial charge in [0.05, 0.1) is 0 Å². The Hall–Kier alpha value is -0.570. The topological polar surface area (TPSA) is 46.3 Å². The zero-order valence-corrected chi connectivity index (χ0v) is 6.34. The van der Waals surface area contributed by atoms with Gasteiger partial charge in [-0.2, -0.15) is 0 Å². The van der Waals surface area contributed by atoms with E-state index >= 15 is 0 Å². The Morgan fingerprint density at radius 2 is 2.50 bits per heavy atom. The molecule has 1 atom stereocenters. The van der Waals surface area contributed by atoms with Gasteiger partial charge in [-0.15, -0.1) is 0 Å². The maximum absolute atomic E-state index is 11.0. The van der Waals surface area contributed by atoms with Crippen molar-refractivity contribution in [1.29, 1.82) is 0 Å². The third-order valence-electron chi connectivity index (χ3n) is 2.14. The lowest BCUT2D eigenvalue weighted by molar-refractivity contribution is -0.134. The molecule has 0 saturated carbocycles. The second-order valence-electron chi connectivity index (χ2n) is 2.79. The van der Waals surface area contributed by atoms with Crippen molar-refractivity contribution < 1.29 is 4.79 Å². The molecule has 0 aromatic rings. The van der Waals surface area contributed by atoms with E-state index in [1.807, 2.05) is 7.05 Å². The number of hydrogen-bond acceptors (Lipinski definition) is 2. The van der Waals surface area contributed by atoms with Crippen LogP contribution in [0.1, 0.15) is 19.3 Å². The van der Waals surface area contributed by atoms with Crippen molar-refractivity contribution in [3.63, 3.8) is 0 Å². The highest BCUT2D eigenvalue weighted by Crippen LogP contribution is 2.14. The van der Waals surface area contributed by atoms with Crippen LogP contribution in [0.15, 0.2) is 0 Å². The number of nitrogens with two attached hydrogens (primary N) is 1. The first-order chi connectivity index (χ1) is 4.75. The fourth-order valence-electron chi connectivity index (χ4n) is 1.34. The van der Waals surface area contributed by atoms with E-state index in [1.54, 1.807) is 4.90 Å². The summed E-state index contributed by atoms with van der Waals surface area (Å²) in [4.78, 5) is 12.8. The van der Waals surface area contributed by atoms with Gasteiger partial charge in [0.1, 0.15) is 0 Å². The molecule has 3 heteroatoms. The van der Waals surface area contributed by atoms with E-state index in [4.69, 9.17) is 5.73 Å². The van der Waals surface area contributed by atoms with Crippen LogP contribution in [0.3, 0.4) is 0 Å². The quantitative estimate of drug-likeness (QED) is 0.558. The molecule has 58 valence electrons. The molecule has 2 N–H and O–H groups in total. The van der Waals surface area contributed by atoms with E-state index < -0.39 is 0 Å². The Bertz CT molecular complexity index is 136. The lowest BCUT2D eigenvalue weighted by Gasteiger charge is -2.31. The number of likely N-dealkylation sites (tertiary alicyclic amines) is 1. The summed E-state index contributed by atoms with van der Waals surface area (Å²) in [6.07, 6.45) is 2.77. The molecule has 3 nitrogen and oxygen atoms in total. The number of nitrogens with zero attached hydrogens (tertiary/aromatic N) is 1. The first kappa shape index (κ1) is 7.54. The average molecular weight is 142 g/mol. The van der Waals surface area contributed by atoms with Crippen LogP contribution < -0.4 is 5.73 Å². The Balaban J connectivity index is 2.51. The molecule has 1 fully saturated rings. The molecule has 1 aliphatic rings. The van der Waals surface area contributed by atoms with Crippen LogP contribution in [0.4, 0.5) is 0 Å². The van der Waals surface area contributed by atoms with E-state index in [9.17, 15) is 4.79 Å². The Kier molecular flexibility index (Phi) is 2.27. The molecule has 0 spiro atoms. The highest BCUT2D eigenvalue weighted by molar-refractivity contribution is 5.76. The summed E-state index contributed by atoms with van der Waals surface area (Å²) in [5.74, 6) is 0.238. The molecule has 0 aliphatic carbocycles. The Morgan fingerprint density at radius 3 is 3.00 bits per heavy atom. The highest BCUT2D eigenvalue weighted by Gasteiger charge is 2.22. The maximum Gasteiger partial charge on any atom is 0.222 e. The third-order valence-corrected chi connectivity index (χ3v) is 2.14. The molecule has 1 saturated heterocycles. The molecule has 1 rings (SSSR count). The summed E-state index contributed by atoms with van der Waals surface area (Å²) < 4.78 is 0. The summed E-state index contributed by atoms with van der Waals surface area (Å²) in [6.45, 7) is 0.599. The monoisotopic (exact) mass is 142 g/mol. The lowest BCUT2D eigenvalue weighted by atomic mass is 10.0. The smallest absolute Gasteiger partial charge is 0.222 e. The van der Waals surface area contributed by atoms with E-state index in [2.05, 4.69) is 0 Å². The van der Waals surface area contributed by atoms with Gasteiger partial charge in [0.25, 0.3) is 0 Å². The van der Waals surface area contributed by atoms with Crippen molar-refractivity contribution >= 4 is 5.91 Å². The molecule has 0 aromatic heterocycles. The van der Waals surface area contributed by atoms with Crippen LogP contribution in [0.5, 0.6) is 0 Å². The zero-order valence-electron chi connectivity index (χ0n) is 6.34. The summed E-state index contributed by atoms with van der Waals surface area (Å²) in [5.41, 5.74) is 5.46. The minimum absolute atomic E-state index is 0.238. The van der Waals surface area contributed by atoms with Crippen LogP contribution in [-0.4, -0.2) is 30.4 Å². The van der Waals surface area contributed by atoms with Gasteiger partial charge in [-0.05, 0) is 12.8 Å². The van der Waals surface area contributed by atoms with Crippen molar-refractivity contribution in [2.45, 2.75) is 25.3 Å². The van der Waals surface area contributed by atoms with Crippen LogP contribution in [0.2, 0.25) is 0 Å². The van der Waals surface area contributed by atoms with Crippen molar-refractivity contribution in [2.24, 2.45) is 5.73 Å². The number of amides is 1. The van der Waals surface area contributed by atoms with Crippen LogP contribution >= 0.6 is 0 Å². The molecule has 0 bridgehead atoms. The molecular weight excluding hydrogens is 128 g/mol. The van der Waals surface area contributed by atoms with Crippen molar-refractivity contribution in [1.82, 2.24) is 4.90 Å². The summed E-state index contributed by atoms with van der Waals surface area (Å²) in [5, 5.41) is 0. The number of hydrogen-bond donors (Lipinski definition) is 1. The molecule has 0 radical (unpaired) electrons. The highest BCUT2D eigenvalue weighted by atomic mass is 16.2. The molecular formula is C7H14N2O. The van der Waals surface area contributed by atoms with Crippen molar-refractivity contribution in [2.75, 3.05) is 13.6 Å². The second kappa shape index (κ2) is 3.01. The van der Waals surface area contributed by atoms with Gasteiger partial charge in [0, 0.05) is 26.1 Å². The van der Waals surface area contributed by atoms with Crippen LogP contribution in [0, 0.1) is 0 Å². The summed E-state index contributed by atoms with van der Waals surface area (Å²) >= 11 is 0. The van der Waals surface area contributed by atoms with Gasteiger partial charge in [0.15, 0.2) is 0 Å². The largest absolute Gasteiger partial charge is 0.342 e. The van der Waals surface area contributed by atoms with Crippen LogP contribution in [-0.2, 0) is 4.79 Å². The predicted octanol–water partition coefficient (Wildman–Crippen LogP) is -0.0440. The number of likely N-dealkylation sites (N-methyl/N-ethyl adjacent to an activating group) is 1. The SMILES string of the molecule is CN1C(=O)CCC[C@H]1CN. The second-order valence-corrected chi connectivity index (χ2v) is 2.79. The molecule has 0 unspecified atom stereocenters. The van der Waals surface area contributed by atoms with Gasteiger partial charge in [0.2, 0.25) is 5.91 Å². The predicted molar refractivity (Wildman–Crippen MR) is 39.5 cm³/mol. The third kappa shape index (κ3) is 1.29. The molecule has 1 heterocycles.